The number of carboxylic acid groups (broad SMARTS) is 1. The van der Waals surface area contributed by atoms with Crippen LogP contribution in [0, 0.1) is 0 Å². The van der Waals surface area contributed by atoms with E-state index in [0.717, 1.165) is 37.1 Å². The molecule has 0 saturated carbocycles. The molecule has 0 spiro atoms. The molecule has 2 aromatic carbocycles. The summed E-state index contributed by atoms with van der Waals surface area (Å²) in [6.07, 6.45) is 2.01. The van der Waals surface area contributed by atoms with E-state index in [4.69, 9.17) is 21.4 Å². The van der Waals surface area contributed by atoms with Crippen LogP contribution in [0.15, 0.2) is 54.6 Å². The van der Waals surface area contributed by atoms with E-state index in [1.807, 2.05) is 42.5 Å². The van der Waals surface area contributed by atoms with E-state index >= 15 is 0 Å². The zero-order valence-electron chi connectivity index (χ0n) is 15.1. The molecule has 1 saturated heterocycles. The molecule has 3 rings (SSSR count). The largest absolute Gasteiger partial charge is 0.481 e. The summed E-state index contributed by atoms with van der Waals surface area (Å²) in [5.74, 6) is -0.742. The van der Waals surface area contributed by atoms with E-state index in [9.17, 15) is 4.79 Å². The normalized spacial score (nSPS) is 16.5. The first kappa shape index (κ1) is 21.7. The fourth-order valence-electron chi connectivity index (χ4n) is 3.36. The van der Waals surface area contributed by atoms with Crippen molar-refractivity contribution in [2.24, 2.45) is 0 Å². The van der Waals surface area contributed by atoms with Gasteiger partial charge in [-0.05, 0) is 36.1 Å². The van der Waals surface area contributed by atoms with Crippen LogP contribution in [0.2, 0.25) is 5.02 Å². The number of halogens is 2. The molecule has 146 valence electrons. The minimum absolute atomic E-state index is 0. The summed E-state index contributed by atoms with van der Waals surface area (Å²) in [5, 5.41) is 9.53. The molecule has 1 aliphatic rings. The van der Waals surface area contributed by atoms with Crippen molar-refractivity contribution in [1.29, 1.82) is 0 Å². The lowest BCUT2D eigenvalue weighted by atomic mass is 10.00. The lowest BCUT2D eigenvalue weighted by Gasteiger charge is -2.34. The van der Waals surface area contributed by atoms with Gasteiger partial charge in [0.1, 0.15) is 6.10 Å². The third-order valence-corrected chi connectivity index (χ3v) is 4.99. The first-order chi connectivity index (χ1) is 12.6. The van der Waals surface area contributed by atoms with Crippen molar-refractivity contribution < 1.29 is 14.6 Å². The molecule has 0 aromatic heterocycles. The van der Waals surface area contributed by atoms with Gasteiger partial charge in [0.2, 0.25) is 0 Å². The summed E-state index contributed by atoms with van der Waals surface area (Å²) in [6, 6.07) is 18.0. The van der Waals surface area contributed by atoms with E-state index in [-0.39, 0.29) is 31.0 Å². The Morgan fingerprint density at radius 3 is 2.41 bits per heavy atom. The molecule has 1 heterocycles. The number of aliphatic carboxylic acids is 1. The van der Waals surface area contributed by atoms with Crippen LogP contribution in [0.25, 0.3) is 0 Å². The zero-order valence-corrected chi connectivity index (χ0v) is 16.7. The average molecular weight is 410 g/mol. The van der Waals surface area contributed by atoms with E-state index in [0.29, 0.717) is 11.6 Å². The smallest absolute Gasteiger partial charge is 0.304 e. The Bertz CT molecular complexity index is 718. The Balaban J connectivity index is 0.00000261. The fraction of sp³-hybridized carbons (Fsp3) is 0.381. The molecule has 0 bridgehead atoms. The minimum atomic E-state index is -0.742. The number of likely N-dealkylation sites (tertiary alicyclic amines) is 1. The SMILES string of the molecule is Cl.O=C(O)CCN1CCC(OC(c2ccccc2)c2cccc(Cl)c2)CC1. The molecule has 1 atom stereocenters. The Labute approximate surface area is 171 Å². The lowest BCUT2D eigenvalue weighted by molar-refractivity contribution is -0.137. The van der Waals surface area contributed by atoms with E-state index in [1.165, 1.54) is 0 Å². The number of nitrogens with zero attached hydrogens (tertiary/aromatic N) is 1. The predicted molar refractivity (Wildman–Crippen MR) is 110 cm³/mol. The summed E-state index contributed by atoms with van der Waals surface area (Å²) in [7, 11) is 0. The maximum absolute atomic E-state index is 10.7. The molecule has 1 fully saturated rings. The van der Waals surface area contributed by atoms with Crippen molar-refractivity contribution in [3.8, 4) is 0 Å². The maximum Gasteiger partial charge on any atom is 0.304 e. The summed E-state index contributed by atoms with van der Waals surface area (Å²) in [6.45, 7) is 2.35. The van der Waals surface area contributed by atoms with Crippen LogP contribution >= 0.6 is 24.0 Å². The number of carbonyl (C=O) groups is 1. The highest BCUT2D eigenvalue weighted by Crippen LogP contribution is 2.31. The van der Waals surface area contributed by atoms with Gasteiger partial charge >= 0.3 is 5.97 Å². The van der Waals surface area contributed by atoms with Crippen LogP contribution in [0.1, 0.15) is 36.5 Å². The lowest BCUT2D eigenvalue weighted by Crippen LogP contribution is -2.38. The Kier molecular flexibility index (Phi) is 8.58. The fourth-order valence-corrected chi connectivity index (χ4v) is 3.56. The summed E-state index contributed by atoms with van der Waals surface area (Å²) in [4.78, 5) is 12.9. The van der Waals surface area contributed by atoms with Crippen LogP contribution in [-0.4, -0.2) is 41.7 Å². The van der Waals surface area contributed by atoms with Crippen LogP contribution < -0.4 is 0 Å². The van der Waals surface area contributed by atoms with Gasteiger partial charge in [0, 0.05) is 24.7 Å². The number of carboxylic acids is 1. The molecular formula is C21H25Cl2NO3. The van der Waals surface area contributed by atoms with E-state index < -0.39 is 5.97 Å². The number of rotatable bonds is 7. The molecule has 1 N–H and O–H groups in total. The highest BCUT2D eigenvalue weighted by atomic mass is 35.5. The van der Waals surface area contributed by atoms with Crippen LogP contribution in [0.3, 0.4) is 0 Å². The van der Waals surface area contributed by atoms with Gasteiger partial charge in [-0.2, -0.15) is 0 Å². The summed E-state index contributed by atoms with van der Waals surface area (Å²) in [5.41, 5.74) is 2.17. The van der Waals surface area contributed by atoms with Gasteiger partial charge in [0.25, 0.3) is 0 Å². The molecule has 27 heavy (non-hydrogen) atoms. The van der Waals surface area contributed by atoms with Gasteiger partial charge in [0.15, 0.2) is 0 Å². The first-order valence-corrected chi connectivity index (χ1v) is 9.39. The molecule has 0 amide bonds. The van der Waals surface area contributed by atoms with Crippen molar-refractivity contribution in [3.05, 3.63) is 70.7 Å². The molecule has 0 aliphatic carbocycles. The predicted octanol–water partition coefficient (Wildman–Crippen LogP) is 4.81. The standard InChI is InChI=1S/C21H24ClNO3.ClH/c22-18-8-4-7-17(15-18)21(16-5-2-1-3-6-16)26-19-9-12-23(13-10-19)14-11-20(24)25;/h1-8,15,19,21H,9-14H2,(H,24,25);1H. The number of ether oxygens (including phenoxy) is 1. The van der Waals surface area contributed by atoms with Gasteiger partial charge in [-0.25, -0.2) is 0 Å². The number of piperidine rings is 1. The van der Waals surface area contributed by atoms with Gasteiger partial charge in [-0.15, -0.1) is 12.4 Å². The highest BCUT2D eigenvalue weighted by Gasteiger charge is 2.25. The van der Waals surface area contributed by atoms with Crippen LogP contribution in [-0.2, 0) is 9.53 Å². The van der Waals surface area contributed by atoms with Gasteiger partial charge in [0.05, 0.1) is 12.5 Å². The third-order valence-electron chi connectivity index (χ3n) is 4.76. The average Bonchev–Trinajstić information content (AvgIpc) is 2.66. The van der Waals surface area contributed by atoms with Crippen molar-refractivity contribution in [2.45, 2.75) is 31.5 Å². The summed E-state index contributed by atoms with van der Waals surface area (Å²) < 4.78 is 6.49. The monoisotopic (exact) mass is 409 g/mol. The maximum atomic E-state index is 10.7. The molecule has 2 aromatic rings. The second-order valence-corrected chi connectivity index (χ2v) is 7.10. The molecule has 0 radical (unpaired) electrons. The summed E-state index contributed by atoms with van der Waals surface area (Å²) >= 11 is 6.19. The second kappa shape index (κ2) is 10.7. The second-order valence-electron chi connectivity index (χ2n) is 6.67. The number of hydrogen-bond acceptors (Lipinski definition) is 3. The third kappa shape index (κ3) is 6.51. The van der Waals surface area contributed by atoms with Crippen LogP contribution in [0.4, 0.5) is 0 Å². The topological polar surface area (TPSA) is 49.8 Å². The Morgan fingerprint density at radius 1 is 1.11 bits per heavy atom. The van der Waals surface area contributed by atoms with Crippen LogP contribution in [0.5, 0.6) is 0 Å². The van der Waals surface area contributed by atoms with Crippen molar-refractivity contribution >= 4 is 30.0 Å². The van der Waals surface area contributed by atoms with E-state index in [1.54, 1.807) is 0 Å². The first-order valence-electron chi connectivity index (χ1n) is 9.02. The quantitative estimate of drug-likeness (QED) is 0.712. The number of hydrogen-bond donors (Lipinski definition) is 1. The van der Waals surface area contributed by atoms with Gasteiger partial charge in [-0.1, -0.05) is 54.1 Å². The molecule has 6 heteroatoms. The molecule has 1 aliphatic heterocycles. The number of benzene rings is 2. The molecular weight excluding hydrogens is 385 g/mol. The molecule has 1 unspecified atom stereocenters. The van der Waals surface area contributed by atoms with E-state index in [2.05, 4.69) is 17.0 Å². The van der Waals surface area contributed by atoms with Crippen molar-refractivity contribution in [2.75, 3.05) is 19.6 Å². The van der Waals surface area contributed by atoms with Gasteiger partial charge < -0.3 is 14.7 Å². The zero-order chi connectivity index (χ0) is 18.4. The van der Waals surface area contributed by atoms with Crippen molar-refractivity contribution in [3.63, 3.8) is 0 Å². The minimum Gasteiger partial charge on any atom is -0.481 e. The molecule has 4 nitrogen and oxygen atoms in total. The highest BCUT2D eigenvalue weighted by molar-refractivity contribution is 6.30. The Morgan fingerprint density at radius 2 is 1.78 bits per heavy atom. The Hall–Kier alpha value is -1.59. The van der Waals surface area contributed by atoms with Gasteiger partial charge in [-0.3, -0.25) is 4.79 Å². The van der Waals surface area contributed by atoms with Crippen molar-refractivity contribution in [1.82, 2.24) is 4.90 Å².